The van der Waals surface area contributed by atoms with Crippen LogP contribution < -0.4 is 5.32 Å². The molecule has 0 aliphatic heterocycles. The van der Waals surface area contributed by atoms with Crippen LogP contribution in [0, 0.1) is 11.8 Å². The largest absolute Gasteiger partial charge is 0.315 e. The third-order valence-corrected chi connectivity index (χ3v) is 4.60. The zero-order valence-corrected chi connectivity index (χ0v) is 12.7. The van der Waals surface area contributed by atoms with E-state index in [0.717, 1.165) is 11.8 Å². The molecule has 1 saturated carbocycles. The van der Waals surface area contributed by atoms with Gasteiger partial charge >= 0.3 is 0 Å². The molecule has 17 heavy (non-hydrogen) atoms. The molecular weight excluding hydrogens is 208 g/mol. The molecule has 102 valence electrons. The highest BCUT2D eigenvalue weighted by Gasteiger charge is 2.42. The molecule has 0 radical (unpaired) electrons. The molecule has 0 aromatic heterocycles. The van der Waals surface area contributed by atoms with E-state index in [1.807, 2.05) is 0 Å². The quantitative estimate of drug-likeness (QED) is 0.794. The first-order valence-corrected chi connectivity index (χ1v) is 7.27. The van der Waals surface area contributed by atoms with Gasteiger partial charge in [-0.1, -0.05) is 33.6 Å². The average molecular weight is 240 g/mol. The summed E-state index contributed by atoms with van der Waals surface area (Å²) < 4.78 is 0. The van der Waals surface area contributed by atoms with Crippen molar-refractivity contribution < 1.29 is 0 Å². The number of hydrogen-bond donors (Lipinski definition) is 1. The predicted octanol–water partition coefficient (Wildman–Crippen LogP) is 3.13. The van der Waals surface area contributed by atoms with E-state index in [1.165, 1.54) is 32.1 Å². The predicted molar refractivity (Wildman–Crippen MR) is 76.4 cm³/mol. The molecule has 0 heterocycles. The van der Waals surface area contributed by atoms with Crippen molar-refractivity contribution in [3.8, 4) is 0 Å². The first kappa shape index (κ1) is 15.0. The van der Waals surface area contributed by atoms with Crippen LogP contribution in [-0.2, 0) is 0 Å². The molecule has 1 rings (SSSR count). The Morgan fingerprint density at radius 3 is 2.41 bits per heavy atom. The second-order valence-electron chi connectivity index (χ2n) is 6.67. The van der Waals surface area contributed by atoms with Crippen molar-refractivity contribution in [2.24, 2.45) is 11.8 Å². The fraction of sp³-hybridized carbons (Fsp3) is 1.00. The Hall–Kier alpha value is -0.0800. The highest BCUT2D eigenvalue weighted by atomic mass is 15.2. The Kier molecular flexibility index (Phi) is 5.46. The summed E-state index contributed by atoms with van der Waals surface area (Å²) in [4.78, 5) is 2.49. The monoisotopic (exact) mass is 240 g/mol. The van der Waals surface area contributed by atoms with Crippen molar-refractivity contribution in [1.82, 2.24) is 10.2 Å². The molecule has 3 atom stereocenters. The molecule has 1 aliphatic carbocycles. The molecule has 0 spiro atoms. The van der Waals surface area contributed by atoms with Crippen molar-refractivity contribution in [1.29, 1.82) is 0 Å². The summed E-state index contributed by atoms with van der Waals surface area (Å²) in [6.07, 6.45) is 6.77. The van der Waals surface area contributed by atoms with Gasteiger partial charge < -0.3 is 10.2 Å². The molecule has 1 aliphatic rings. The number of nitrogens with one attached hydrogen (secondary N) is 1. The van der Waals surface area contributed by atoms with Gasteiger partial charge in [0, 0.05) is 11.6 Å². The summed E-state index contributed by atoms with van der Waals surface area (Å²) >= 11 is 0. The van der Waals surface area contributed by atoms with E-state index in [1.54, 1.807) is 0 Å². The van der Waals surface area contributed by atoms with Gasteiger partial charge in [0.25, 0.3) is 0 Å². The normalized spacial score (nSPS) is 32.1. The van der Waals surface area contributed by atoms with Gasteiger partial charge in [0.1, 0.15) is 0 Å². The van der Waals surface area contributed by atoms with E-state index in [-0.39, 0.29) is 0 Å². The molecule has 1 N–H and O–H groups in total. The summed E-state index contributed by atoms with van der Waals surface area (Å²) in [5, 5.41) is 3.60. The van der Waals surface area contributed by atoms with Crippen molar-refractivity contribution in [2.75, 3.05) is 21.1 Å². The van der Waals surface area contributed by atoms with Crippen molar-refractivity contribution in [3.05, 3.63) is 0 Å². The third kappa shape index (κ3) is 3.45. The lowest BCUT2D eigenvalue weighted by Crippen LogP contribution is -2.60. The Balaban J connectivity index is 2.87. The highest BCUT2D eigenvalue weighted by molar-refractivity contribution is 5.01. The zero-order valence-electron chi connectivity index (χ0n) is 12.7. The van der Waals surface area contributed by atoms with Crippen LogP contribution in [0.4, 0.5) is 0 Å². The summed E-state index contributed by atoms with van der Waals surface area (Å²) in [5.41, 5.74) is 0.372. The first-order valence-electron chi connectivity index (χ1n) is 7.27. The summed E-state index contributed by atoms with van der Waals surface area (Å²) in [5.74, 6) is 1.63. The maximum atomic E-state index is 3.60. The van der Waals surface area contributed by atoms with Crippen molar-refractivity contribution in [3.63, 3.8) is 0 Å². The Morgan fingerprint density at radius 2 is 2.00 bits per heavy atom. The fourth-order valence-electron chi connectivity index (χ4n) is 3.68. The average Bonchev–Trinajstić information content (AvgIpc) is 2.25. The molecule has 3 unspecified atom stereocenters. The van der Waals surface area contributed by atoms with Gasteiger partial charge in [-0.2, -0.15) is 0 Å². The van der Waals surface area contributed by atoms with Gasteiger partial charge in [0.15, 0.2) is 0 Å². The van der Waals surface area contributed by atoms with Crippen LogP contribution in [0.25, 0.3) is 0 Å². The molecule has 0 amide bonds. The second kappa shape index (κ2) is 6.19. The van der Waals surface area contributed by atoms with Gasteiger partial charge in [0.05, 0.1) is 0 Å². The zero-order chi connectivity index (χ0) is 13.1. The molecule has 2 heteroatoms. The summed E-state index contributed by atoms with van der Waals surface area (Å²) in [6.45, 7) is 7.08. The van der Waals surface area contributed by atoms with Crippen LogP contribution >= 0.6 is 0 Å². The Morgan fingerprint density at radius 1 is 1.35 bits per heavy atom. The molecular formula is C15H32N2. The Labute approximate surface area is 108 Å². The van der Waals surface area contributed by atoms with E-state index in [2.05, 4.69) is 52.1 Å². The summed E-state index contributed by atoms with van der Waals surface area (Å²) in [6, 6.07) is 0.625. The Bertz CT molecular complexity index is 225. The second-order valence-corrected chi connectivity index (χ2v) is 6.67. The van der Waals surface area contributed by atoms with Crippen LogP contribution in [-0.4, -0.2) is 37.6 Å². The number of rotatable bonds is 5. The lowest BCUT2D eigenvalue weighted by molar-refractivity contribution is 0.0328. The standard InChI is InChI=1S/C15H32N2/c1-12(2)10-14(16-4)15(17(5)6)9-7-8-13(3)11-15/h12-14,16H,7-11H2,1-6H3. The lowest BCUT2D eigenvalue weighted by Gasteiger charge is -2.50. The minimum Gasteiger partial charge on any atom is -0.315 e. The van der Waals surface area contributed by atoms with E-state index in [0.29, 0.717) is 11.6 Å². The van der Waals surface area contributed by atoms with E-state index in [9.17, 15) is 0 Å². The van der Waals surface area contributed by atoms with Crippen LogP contribution in [0.1, 0.15) is 52.9 Å². The molecule has 1 fully saturated rings. The third-order valence-electron chi connectivity index (χ3n) is 4.60. The smallest absolute Gasteiger partial charge is 0.0358 e. The van der Waals surface area contributed by atoms with Crippen molar-refractivity contribution >= 4 is 0 Å². The minimum atomic E-state index is 0.372. The molecule has 0 bridgehead atoms. The van der Waals surface area contributed by atoms with Crippen LogP contribution in [0.2, 0.25) is 0 Å². The topological polar surface area (TPSA) is 15.3 Å². The SMILES string of the molecule is CNC(CC(C)C)C1(N(C)C)CCCC(C)C1. The molecule has 0 saturated heterocycles. The number of hydrogen-bond acceptors (Lipinski definition) is 2. The first-order chi connectivity index (χ1) is 7.92. The number of likely N-dealkylation sites (N-methyl/N-ethyl adjacent to an activating group) is 2. The van der Waals surface area contributed by atoms with Gasteiger partial charge in [0.2, 0.25) is 0 Å². The van der Waals surface area contributed by atoms with Gasteiger partial charge in [-0.3, -0.25) is 0 Å². The van der Waals surface area contributed by atoms with Crippen LogP contribution in [0.5, 0.6) is 0 Å². The van der Waals surface area contributed by atoms with Crippen molar-refractivity contribution in [2.45, 2.75) is 64.5 Å². The maximum Gasteiger partial charge on any atom is 0.0358 e. The minimum absolute atomic E-state index is 0.372. The van der Waals surface area contributed by atoms with Gasteiger partial charge in [-0.15, -0.1) is 0 Å². The fourth-order valence-corrected chi connectivity index (χ4v) is 3.68. The van der Waals surface area contributed by atoms with Gasteiger partial charge in [-0.25, -0.2) is 0 Å². The maximum absolute atomic E-state index is 3.60. The molecule has 0 aromatic rings. The molecule has 2 nitrogen and oxygen atoms in total. The van der Waals surface area contributed by atoms with E-state index >= 15 is 0 Å². The van der Waals surface area contributed by atoms with E-state index < -0.39 is 0 Å². The summed E-state index contributed by atoms with van der Waals surface area (Å²) in [7, 11) is 6.67. The number of nitrogens with zero attached hydrogens (tertiary/aromatic N) is 1. The molecule has 0 aromatic carbocycles. The van der Waals surface area contributed by atoms with E-state index in [4.69, 9.17) is 0 Å². The van der Waals surface area contributed by atoms with Crippen LogP contribution in [0.3, 0.4) is 0 Å². The highest BCUT2D eigenvalue weighted by Crippen LogP contribution is 2.39. The lowest BCUT2D eigenvalue weighted by atomic mass is 9.69. The van der Waals surface area contributed by atoms with Gasteiger partial charge in [-0.05, 0) is 52.2 Å². The van der Waals surface area contributed by atoms with Crippen LogP contribution in [0.15, 0.2) is 0 Å².